The second-order valence-electron chi connectivity index (χ2n) is 9.73. The molecular weight excluding hydrogens is 460 g/mol. The van der Waals surface area contributed by atoms with Crippen LogP contribution in [0.4, 0.5) is 5.69 Å². The van der Waals surface area contributed by atoms with Crippen LogP contribution in [0.3, 0.4) is 0 Å². The number of fused-ring (bicyclic) bond motifs is 1. The van der Waals surface area contributed by atoms with Crippen LogP contribution in [0, 0.1) is 11.3 Å². The minimum absolute atomic E-state index is 0.0812. The average molecular weight is 491 g/mol. The third-order valence-corrected chi connectivity index (χ3v) is 9.06. The van der Waals surface area contributed by atoms with Gasteiger partial charge in [-0.15, -0.1) is 0 Å². The summed E-state index contributed by atoms with van der Waals surface area (Å²) in [7, 11) is -3.34. The molecule has 1 heterocycles. The van der Waals surface area contributed by atoms with E-state index in [1.54, 1.807) is 18.2 Å². The van der Waals surface area contributed by atoms with Crippen LogP contribution >= 0.6 is 0 Å². The molecule has 1 aromatic heterocycles. The highest BCUT2D eigenvalue weighted by Gasteiger charge is 2.35. The van der Waals surface area contributed by atoms with Crippen molar-refractivity contribution in [1.29, 1.82) is 5.26 Å². The third-order valence-electron chi connectivity index (χ3n) is 7.19. The second-order valence-corrected chi connectivity index (χ2v) is 11.7. The summed E-state index contributed by atoms with van der Waals surface area (Å²) in [5.41, 5.74) is 4.24. The molecule has 5 rings (SSSR count). The zero-order chi connectivity index (χ0) is 24.7. The zero-order valence-corrected chi connectivity index (χ0v) is 20.9. The van der Waals surface area contributed by atoms with Crippen LogP contribution in [-0.4, -0.2) is 30.2 Å². The molecule has 1 amide bonds. The molecule has 35 heavy (non-hydrogen) atoms. The summed E-state index contributed by atoms with van der Waals surface area (Å²) in [5.74, 6) is -0.116. The van der Waals surface area contributed by atoms with Crippen LogP contribution < -0.4 is 10.0 Å². The first-order chi connectivity index (χ1) is 16.8. The van der Waals surface area contributed by atoms with Crippen LogP contribution in [0.2, 0.25) is 0 Å². The van der Waals surface area contributed by atoms with E-state index in [0.717, 1.165) is 47.8 Å². The molecular formula is C27H30N4O3S. The van der Waals surface area contributed by atoms with E-state index in [2.05, 4.69) is 20.7 Å². The van der Waals surface area contributed by atoms with Crippen molar-refractivity contribution in [3.05, 3.63) is 53.6 Å². The number of benzene rings is 2. The SMILES string of the molecule is CCC(C)NC(=O)c1ccc2c(C#N)c(-c3ccc(NS(=O)(=O)C4CC4)cc3)n(C3CCC3)c2c1. The van der Waals surface area contributed by atoms with Gasteiger partial charge in [0.1, 0.15) is 6.07 Å². The Morgan fingerprint density at radius 1 is 1.14 bits per heavy atom. The largest absolute Gasteiger partial charge is 0.350 e. The van der Waals surface area contributed by atoms with Gasteiger partial charge in [0.2, 0.25) is 10.0 Å². The predicted molar refractivity (Wildman–Crippen MR) is 138 cm³/mol. The number of rotatable bonds is 8. The van der Waals surface area contributed by atoms with Gasteiger partial charge in [-0.1, -0.05) is 25.1 Å². The van der Waals surface area contributed by atoms with E-state index in [9.17, 15) is 18.5 Å². The lowest BCUT2D eigenvalue weighted by Crippen LogP contribution is -2.31. The summed E-state index contributed by atoms with van der Waals surface area (Å²) >= 11 is 0. The van der Waals surface area contributed by atoms with Crippen molar-refractivity contribution in [3.8, 4) is 17.3 Å². The van der Waals surface area contributed by atoms with Crippen molar-refractivity contribution < 1.29 is 13.2 Å². The highest BCUT2D eigenvalue weighted by Crippen LogP contribution is 2.43. The number of sulfonamides is 1. The average Bonchev–Trinajstić information content (AvgIpc) is 3.63. The van der Waals surface area contributed by atoms with Crippen LogP contribution in [-0.2, 0) is 10.0 Å². The molecule has 0 saturated heterocycles. The first kappa shape index (κ1) is 23.4. The molecule has 8 heteroatoms. The number of nitrogens with one attached hydrogen (secondary N) is 2. The van der Waals surface area contributed by atoms with Gasteiger partial charge < -0.3 is 9.88 Å². The van der Waals surface area contributed by atoms with Crippen molar-refractivity contribution in [3.63, 3.8) is 0 Å². The zero-order valence-electron chi connectivity index (χ0n) is 20.0. The maximum Gasteiger partial charge on any atom is 0.251 e. The molecule has 3 aromatic rings. The lowest BCUT2D eigenvalue weighted by molar-refractivity contribution is 0.0939. The second kappa shape index (κ2) is 9.04. The Morgan fingerprint density at radius 3 is 2.43 bits per heavy atom. The molecule has 0 aliphatic heterocycles. The first-order valence-electron chi connectivity index (χ1n) is 12.3. The van der Waals surface area contributed by atoms with E-state index in [1.807, 2.05) is 38.1 Å². The normalized spacial score (nSPS) is 16.9. The molecule has 0 radical (unpaired) electrons. The molecule has 2 aliphatic rings. The van der Waals surface area contributed by atoms with Gasteiger partial charge in [0.25, 0.3) is 5.91 Å². The van der Waals surface area contributed by atoms with Gasteiger partial charge >= 0.3 is 0 Å². The van der Waals surface area contributed by atoms with Gasteiger partial charge in [0.15, 0.2) is 0 Å². The smallest absolute Gasteiger partial charge is 0.251 e. The topological polar surface area (TPSA) is 104 Å². The van der Waals surface area contributed by atoms with E-state index in [-0.39, 0.29) is 23.2 Å². The van der Waals surface area contributed by atoms with E-state index >= 15 is 0 Å². The van der Waals surface area contributed by atoms with Crippen LogP contribution in [0.5, 0.6) is 0 Å². The van der Waals surface area contributed by atoms with Gasteiger partial charge in [0, 0.05) is 28.7 Å². The molecule has 2 aromatic carbocycles. The lowest BCUT2D eigenvalue weighted by atomic mass is 9.92. The summed E-state index contributed by atoms with van der Waals surface area (Å²) in [6.45, 7) is 4.01. The number of nitriles is 1. The Balaban J connectivity index is 1.58. The summed E-state index contributed by atoms with van der Waals surface area (Å²) in [6, 6.07) is 15.5. The maximum absolute atomic E-state index is 12.8. The van der Waals surface area contributed by atoms with E-state index in [1.165, 1.54) is 0 Å². The minimum Gasteiger partial charge on any atom is -0.350 e. The fourth-order valence-electron chi connectivity index (χ4n) is 4.60. The van der Waals surface area contributed by atoms with Crippen LogP contribution in [0.1, 0.15) is 74.3 Å². The standard InChI is InChI=1S/C27H30N4O3S/c1-3-17(2)29-27(32)19-9-14-23-24(16-28)26(31(25(23)15-19)21-5-4-6-21)18-7-10-20(11-8-18)30-35(33,34)22-12-13-22/h7-11,14-15,17,21-22,30H,3-6,12-13H2,1-2H3,(H,29,32). The molecule has 2 N–H and O–H groups in total. The summed E-state index contributed by atoms with van der Waals surface area (Å²) < 4.78 is 29.5. The fraction of sp³-hybridized carbons (Fsp3) is 0.407. The summed E-state index contributed by atoms with van der Waals surface area (Å²) in [6.07, 6.45) is 5.42. The van der Waals surface area contributed by atoms with Crippen molar-refractivity contribution >= 4 is 32.5 Å². The minimum atomic E-state index is -3.34. The number of amides is 1. The molecule has 1 atom stereocenters. The summed E-state index contributed by atoms with van der Waals surface area (Å²) in [4.78, 5) is 12.8. The first-order valence-corrected chi connectivity index (χ1v) is 13.9. The third kappa shape index (κ3) is 4.41. The van der Waals surface area contributed by atoms with Crippen molar-refractivity contribution in [1.82, 2.24) is 9.88 Å². The van der Waals surface area contributed by atoms with Crippen molar-refractivity contribution in [2.45, 2.75) is 69.7 Å². The number of hydrogen-bond donors (Lipinski definition) is 2. The Labute approximate surface area is 206 Å². The molecule has 0 bridgehead atoms. The van der Waals surface area contributed by atoms with Crippen molar-refractivity contribution in [2.75, 3.05) is 4.72 Å². The number of nitrogens with zero attached hydrogens (tertiary/aromatic N) is 2. The number of carbonyl (C=O) groups excluding carboxylic acids is 1. The van der Waals surface area contributed by atoms with Gasteiger partial charge in [0.05, 0.1) is 22.0 Å². The van der Waals surface area contributed by atoms with Gasteiger partial charge in [-0.2, -0.15) is 5.26 Å². The number of anilines is 1. The Bertz CT molecular complexity index is 1430. The van der Waals surface area contributed by atoms with Gasteiger partial charge in [-0.25, -0.2) is 8.42 Å². The van der Waals surface area contributed by atoms with E-state index in [0.29, 0.717) is 29.7 Å². The lowest BCUT2D eigenvalue weighted by Gasteiger charge is -2.30. The van der Waals surface area contributed by atoms with Crippen LogP contribution in [0.25, 0.3) is 22.2 Å². The molecule has 182 valence electrons. The van der Waals surface area contributed by atoms with Crippen LogP contribution in [0.15, 0.2) is 42.5 Å². The predicted octanol–water partition coefficient (Wildman–Crippen LogP) is 5.34. The van der Waals surface area contributed by atoms with Gasteiger partial charge in [-0.3, -0.25) is 9.52 Å². The fourth-order valence-corrected chi connectivity index (χ4v) is 5.99. The highest BCUT2D eigenvalue weighted by atomic mass is 32.2. The number of carbonyl (C=O) groups is 1. The maximum atomic E-state index is 12.8. The number of hydrogen-bond acceptors (Lipinski definition) is 4. The molecule has 2 aliphatic carbocycles. The van der Waals surface area contributed by atoms with Crippen molar-refractivity contribution in [2.24, 2.45) is 0 Å². The van der Waals surface area contributed by atoms with Gasteiger partial charge in [-0.05, 0) is 75.3 Å². The quantitative estimate of drug-likeness (QED) is 0.445. The Morgan fingerprint density at radius 2 is 1.86 bits per heavy atom. The molecule has 7 nitrogen and oxygen atoms in total. The number of aromatic nitrogens is 1. The van der Waals surface area contributed by atoms with E-state index in [4.69, 9.17) is 0 Å². The Kier molecular flexibility index (Phi) is 6.06. The molecule has 2 saturated carbocycles. The molecule has 0 spiro atoms. The summed E-state index contributed by atoms with van der Waals surface area (Å²) in [5, 5.41) is 13.7. The van der Waals surface area contributed by atoms with E-state index < -0.39 is 10.0 Å². The monoisotopic (exact) mass is 490 g/mol. The highest BCUT2D eigenvalue weighted by molar-refractivity contribution is 7.93. The Hall–Kier alpha value is -3.31. The molecule has 2 fully saturated rings. The molecule has 1 unspecified atom stereocenters.